The predicted molar refractivity (Wildman–Crippen MR) is 72.2 cm³/mol. The fourth-order valence-corrected chi connectivity index (χ4v) is 3.47. The van der Waals surface area contributed by atoms with Crippen LogP contribution in [0.2, 0.25) is 0 Å². The Morgan fingerprint density at radius 3 is 2.05 bits per heavy atom. The standard InChI is InChI=1S/C12H16Cl2O7/c1-7(16)21-8-10(13,6-15)5-11(19-3,20-4)12(8,14)9(17)18-2/h6,8H,5H2,1-4H3/t8-,10-,12-/m0/s1. The van der Waals surface area contributed by atoms with Crippen LogP contribution in [0.4, 0.5) is 0 Å². The van der Waals surface area contributed by atoms with Crippen molar-refractivity contribution in [1.82, 2.24) is 0 Å². The molecule has 0 unspecified atom stereocenters. The lowest BCUT2D eigenvalue weighted by atomic mass is 9.97. The summed E-state index contributed by atoms with van der Waals surface area (Å²) in [4.78, 5) is 30.9. The Balaban J connectivity index is 3.55. The molecule has 0 aromatic rings. The Kier molecular flexibility index (Phi) is 5.26. The first-order chi connectivity index (χ1) is 9.67. The van der Waals surface area contributed by atoms with E-state index >= 15 is 0 Å². The number of alkyl halides is 2. The summed E-state index contributed by atoms with van der Waals surface area (Å²) in [6.45, 7) is 1.09. The number of hydrogen-bond acceptors (Lipinski definition) is 7. The lowest BCUT2D eigenvalue weighted by Gasteiger charge is -2.38. The van der Waals surface area contributed by atoms with E-state index in [-0.39, 0.29) is 6.42 Å². The molecule has 1 rings (SSSR count). The van der Waals surface area contributed by atoms with E-state index in [1.54, 1.807) is 0 Å². The zero-order chi connectivity index (χ0) is 16.5. The van der Waals surface area contributed by atoms with Gasteiger partial charge in [-0.2, -0.15) is 0 Å². The summed E-state index contributed by atoms with van der Waals surface area (Å²) >= 11 is 12.6. The number of rotatable bonds is 5. The molecule has 0 bridgehead atoms. The molecular formula is C12H16Cl2O7. The molecule has 0 aromatic carbocycles. The van der Waals surface area contributed by atoms with Crippen molar-refractivity contribution >= 4 is 41.4 Å². The van der Waals surface area contributed by atoms with Crippen molar-refractivity contribution in [2.75, 3.05) is 21.3 Å². The minimum absolute atomic E-state index is 0.311. The molecule has 3 atom stereocenters. The quantitative estimate of drug-likeness (QED) is 0.313. The summed E-state index contributed by atoms with van der Waals surface area (Å²) in [6.07, 6.45) is -1.51. The Hall–Kier alpha value is -0.890. The molecule has 0 aliphatic heterocycles. The van der Waals surface area contributed by atoms with Crippen molar-refractivity contribution in [3.63, 3.8) is 0 Å². The molecule has 21 heavy (non-hydrogen) atoms. The fraction of sp³-hybridized carbons (Fsp3) is 0.750. The molecule has 0 saturated heterocycles. The van der Waals surface area contributed by atoms with Crippen molar-refractivity contribution < 1.29 is 33.3 Å². The van der Waals surface area contributed by atoms with Gasteiger partial charge in [0.05, 0.1) is 7.11 Å². The van der Waals surface area contributed by atoms with Gasteiger partial charge in [-0.05, 0) is 0 Å². The molecule has 0 N–H and O–H groups in total. The minimum Gasteiger partial charge on any atom is -0.467 e. The number of ether oxygens (including phenoxy) is 4. The van der Waals surface area contributed by atoms with E-state index < -0.39 is 33.6 Å². The zero-order valence-corrected chi connectivity index (χ0v) is 13.5. The van der Waals surface area contributed by atoms with Gasteiger partial charge in [-0.15, -0.1) is 11.6 Å². The number of hydrogen-bond donors (Lipinski definition) is 0. The molecule has 0 spiro atoms. The van der Waals surface area contributed by atoms with Crippen LogP contribution >= 0.6 is 23.2 Å². The van der Waals surface area contributed by atoms with Gasteiger partial charge in [0.15, 0.2) is 6.10 Å². The van der Waals surface area contributed by atoms with Crippen molar-refractivity contribution in [3.8, 4) is 0 Å². The maximum absolute atomic E-state index is 12.2. The molecule has 7 nitrogen and oxygen atoms in total. The summed E-state index contributed by atoms with van der Waals surface area (Å²) in [5.74, 6) is -3.57. The Morgan fingerprint density at radius 1 is 1.19 bits per heavy atom. The van der Waals surface area contributed by atoms with Crippen molar-refractivity contribution in [3.05, 3.63) is 0 Å². The first-order valence-electron chi connectivity index (χ1n) is 5.87. The molecule has 0 aromatic heterocycles. The van der Waals surface area contributed by atoms with Gasteiger partial charge in [0.1, 0.15) is 11.2 Å². The Labute approximate surface area is 131 Å². The largest absolute Gasteiger partial charge is 0.467 e. The van der Waals surface area contributed by atoms with Crippen LogP contribution in [0.5, 0.6) is 0 Å². The highest BCUT2D eigenvalue weighted by Gasteiger charge is 2.77. The molecule has 120 valence electrons. The molecule has 0 radical (unpaired) electrons. The van der Waals surface area contributed by atoms with Crippen molar-refractivity contribution in [2.24, 2.45) is 0 Å². The second-order valence-corrected chi connectivity index (χ2v) is 5.88. The molecule has 1 fully saturated rings. The van der Waals surface area contributed by atoms with Crippen LogP contribution in [0.15, 0.2) is 0 Å². The highest BCUT2D eigenvalue weighted by atomic mass is 35.5. The lowest BCUT2D eigenvalue weighted by molar-refractivity contribution is -0.231. The number of methoxy groups -OCH3 is 3. The topological polar surface area (TPSA) is 88.1 Å². The van der Waals surface area contributed by atoms with Crippen LogP contribution in [0, 0.1) is 0 Å². The van der Waals surface area contributed by atoms with E-state index in [2.05, 4.69) is 4.74 Å². The second-order valence-electron chi connectivity index (χ2n) is 4.58. The zero-order valence-electron chi connectivity index (χ0n) is 12.0. The van der Waals surface area contributed by atoms with Crippen LogP contribution in [-0.4, -0.2) is 61.2 Å². The number of carbonyl (C=O) groups excluding carboxylic acids is 3. The number of esters is 2. The smallest absolute Gasteiger partial charge is 0.336 e. The molecule has 1 aliphatic rings. The third kappa shape index (κ3) is 2.52. The van der Waals surface area contributed by atoms with Crippen molar-refractivity contribution in [1.29, 1.82) is 0 Å². The normalized spacial score (nSPS) is 34.3. The molecule has 0 heterocycles. The molecule has 9 heteroatoms. The monoisotopic (exact) mass is 342 g/mol. The first-order valence-corrected chi connectivity index (χ1v) is 6.63. The van der Waals surface area contributed by atoms with Gasteiger partial charge in [0.2, 0.25) is 10.7 Å². The maximum atomic E-state index is 12.2. The average molecular weight is 343 g/mol. The highest BCUT2D eigenvalue weighted by molar-refractivity contribution is 6.40. The highest BCUT2D eigenvalue weighted by Crippen LogP contribution is 2.55. The summed E-state index contributed by atoms with van der Waals surface area (Å²) < 4.78 is 20.1. The van der Waals surface area contributed by atoms with E-state index in [0.29, 0.717) is 6.29 Å². The third-order valence-electron chi connectivity index (χ3n) is 3.48. The van der Waals surface area contributed by atoms with E-state index in [1.807, 2.05) is 0 Å². The van der Waals surface area contributed by atoms with Gasteiger partial charge in [0, 0.05) is 27.6 Å². The summed E-state index contributed by atoms with van der Waals surface area (Å²) in [5.41, 5.74) is 0. The second kappa shape index (κ2) is 6.08. The third-order valence-corrected chi connectivity index (χ3v) is 4.54. The lowest BCUT2D eigenvalue weighted by Crippen LogP contribution is -2.61. The average Bonchev–Trinajstić information content (AvgIpc) is 2.66. The number of halogens is 2. The van der Waals surface area contributed by atoms with Gasteiger partial charge in [-0.25, -0.2) is 4.79 Å². The van der Waals surface area contributed by atoms with Gasteiger partial charge >= 0.3 is 11.9 Å². The summed E-state index contributed by atoms with van der Waals surface area (Å²) in [6, 6.07) is 0. The van der Waals surface area contributed by atoms with E-state index in [0.717, 1.165) is 14.0 Å². The van der Waals surface area contributed by atoms with Crippen molar-refractivity contribution in [2.45, 2.75) is 35.0 Å². The Morgan fingerprint density at radius 2 is 1.71 bits per heavy atom. The van der Waals surface area contributed by atoms with Crippen LogP contribution in [0.1, 0.15) is 13.3 Å². The van der Waals surface area contributed by atoms with E-state index in [1.165, 1.54) is 14.2 Å². The SMILES string of the molecule is COC(=O)[C@@]1(Cl)[C@@H](OC(C)=O)[C@@](Cl)(C=O)CC1(OC)OC. The van der Waals surface area contributed by atoms with E-state index in [9.17, 15) is 14.4 Å². The minimum atomic E-state index is -2.14. The maximum Gasteiger partial charge on any atom is 0.336 e. The number of carbonyl (C=O) groups is 3. The number of aldehydes is 1. The van der Waals surface area contributed by atoms with Gasteiger partial charge < -0.3 is 23.7 Å². The Bertz CT molecular complexity index is 451. The van der Waals surface area contributed by atoms with Gasteiger partial charge in [-0.3, -0.25) is 4.79 Å². The first kappa shape index (κ1) is 18.2. The summed E-state index contributed by atoms with van der Waals surface area (Å²) in [7, 11) is 3.53. The fourth-order valence-electron chi connectivity index (χ4n) is 2.49. The van der Waals surface area contributed by atoms with Crippen LogP contribution in [-0.2, 0) is 33.3 Å². The van der Waals surface area contributed by atoms with Crippen LogP contribution in [0.25, 0.3) is 0 Å². The predicted octanol–water partition coefficient (Wildman–Crippen LogP) is 0.638. The molecule has 0 amide bonds. The molecule has 1 saturated carbocycles. The van der Waals surface area contributed by atoms with Crippen LogP contribution < -0.4 is 0 Å². The van der Waals surface area contributed by atoms with Gasteiger partial charge in [0.25, 0.3) is 0 Å². The summed E-state index contributed by atoms with van der Waals surface area (Å²) in [5, 5.41) is 0. The molecule has 1 aliphatic carbocycles. The van der Waals surface area contributed by atoms with Crippen LogP contribution in [0.3, 0.4) is 0 Å². The van der Waals surface area contributed by atoms with Gasteiger partial charge in [-0.1, -0.05) is 11.6 Å². The van der Waals surface area contributed by atoms with E-state index in [4.69, 9.17) is 37.4 Å². The molecular weight excluding hydrogens is 327 g/mol.